The Balaban J connectivity index is 1.61. The fraction of sp³-hybridized carbons (Fsp3) is 0.400. The molecule has 2 aromatic rings. The average molecular weight is 340 g/mol. The highest BCUT2D eigenvalue weighted by molar-refractivity contribution is 6.35. The van der Waals surface area contributed by atoms with Crippen molar-refractivity contribution in [1.29, 1.82) is 0 Å². The Labute approximate surface area is 147 Å². The lowest BCUT2D eigenvalue weighted by Gasteiger charge is -2.21. The van der Waals surface area contributed by atoms with E-state index in [1.54, 1.807) is 12.1 Å². The Hall–Kier alpha value is -2.56. The number of rotatable bonds is 5. The Morgan fingerprint density at radius 3 is 2.64 bits per heavy atom. The third-order valence-corrected chi connectivity index (χ3v) is 4.70. The van der Waals surface area contributed by atoms with Crippen molar-refractivity contribution >= 4 is 11.8 Å². The SMILES string of the molecule is CCC(NC(=O)C(=O)NCc1ccco1)c1ccc2c(c1)CCCC2. The minimum Gasteiger partial charge on any atom is -0.467 e. The normalized spacial score (nSPS) is 14.4. The van der Waals surface area contributed by atoms with Crippen molar-refractivity contribution in [3.05, 3.63) is 59.0 Å². The third-order valence-electron chi connectivity index (χ3n) is 4.70. The van der Waals surface area contributed by atoms with E-state index in [1.165, 1.54) is 30.2 Å². The summed E-state index contributed by atoms with van der Waals surface area (Å²) in [6.45, 7) is 2.21. The fourth-order valence-electron chi connectivity index (χ4n) is 3.28. The van der Waals surface area contributed by atoms with Crippen LogP contribution in [0.5, 0.6) is 0 Å². The van der Waals surface area contributed by atoms with Crippen molar-refractivity contribution in [3.8, 4) is 0 Å². The van der Waals surface area contributed by atoms with E-state index in [4.69, 9.17) is 4.42 Å². The smallest absolute Gasteiger partial charge is 0.309 e. The summed E-state index contributed by atoms with van der Waals surface area (Å²) in [5.74, 6) is -0.646. The summed E-state index contributed by atoms with van der Waals surface area (Å²) in [5, 5.41) is 5.41. The standard InChI is InChI=1S/C20H24N2O3/c1-2-18(16-10-9-14-6-3-4-7-15(14)12-16)22-20(24)19(23)21-13-17-8-5-11-25-17/h5,8-12,18H,2-4,6-7,13H2,1H3,(H,21,23)(H,22,24). The zero-order valence-corrected chi connectivity index (χ0v) is 14.5. The quantitative estimate of drug-likeness (QED) is 0.822. The molecule has 0 bridgehead atoms. The molecule has 1 unspecified atom stereocenters. The van der Waals surface area contributed by atoms with Gasteiger partial charge in [-0.15, -0.1) is 0 Å². The van der Waals surface area contributed by atoms with E-state index in [9.17, 15) is 9.59 Å². The number of amides is 2. The van der Waals surface area contributed by atoms with Crippen LogP contribution in [-0.2, 0) is 29.0 Å². The van der Waals surface area contributed by atoms with Crippen molar-refractivity contribution in [1.82, 2.24) is 10.6 Å². The summed E-state index contributed by atoms with van der Waals surface area (Å²) in [5.41, 5.74) is 3.85. The van der Waals surface area contributed by atoms with Crippen LogP contribution >= 0.6 is 0 Å². The van der Waals surface area contributed by atoms with Gasteiger partial charge in [0, 0.05) is 0 Å². The summed E-state index contributed by atoms with van der Waals surface area (Å²) in [6, 6.07) is 9.75. The van der Waals surface area contributed by atoms with Gasteiger partial charge in [0.05, 0.1) is 18.8 Å². The van der Waals surface area contributed by atoms with Crippen molar-refractivity contribution in [3.63, 3.8) is 0 Å². The molecule has 1 aromatic heterocycles. The molecular formula is C20H24N2O3. The predicted molar refractivity (Wildman–Crippen MR) is 94.8 cm³/mol. The molecule has 1 aliphatic rings. The summed E-state index contributed by atoms with van der Waals surface area (Å²) in [7, 11) is 0. The van der Waals surface area contributed by atoms with Gasteiger partial charge in [-0.25, -0.2) is 0 Å². The first-order valence-corrected chi connectivity index (χ1v) is 8.90. The van der Waals surface area contributed by atoms with E-state index in [0.29, 0.717) is 5.76 Å². The van der Waals surface area contributed by atoms with Crippen LogP contribution in [0, 0.1) is 0 Å². The molecule has 0 spiro atoms. The second kappa shape index (κ2) is 8.01. The monoisotopic (exact) mass is 340 g/mol. The van der Waals surface area contributed by atoms with Gasteiger partial charge in [0.2, 0.25) is 0 Å². The molecule has 3 rings (SSSR count). The van der Waals surface area contributed by atoms with Gasteiger partial charge in [0.15, 0.2) is 0 Å². The summed E-state index contributed by atoms with van der Waals surface area (Å²) < 4.78 is 5.14. The van der Waals surface area contributed by atoms with E-state index in [-0.39, 0.29) is 12.6 Å². The van der Waals surface area contributed by atoms with E-state index in [0.717, 1.165) is 24.8 Å². The molecule has 0 radical (unpaired) electrons. The number of furan rings is 1. The van der Waals surface area contributed by atoms with Gasteiger partial charge in [-0.3, -0.25) is 9.59 Å². The van der Waals surface area contributed by atoms with E-state index in [1.807, 2.05) is 6.92 Å². The molecule has 1 aliphatic carbocycles. The first-order chi connectivity index (χ1) is 12.2. The van der Waals surface area contributed by atoms with Gasteiger partial charge in [-0.05, 0) is 60.9 Å². The average Bonchev–Trinajstić information content (AvgIpc) is 3.17. The molecule has 2 N–H and O–H groups in total. The van der Waals surface area contributed by atoms with Gasteiger partial charge in [0.25, 0.3) is 0 Å². The molecule has 25 heavy (non-hydrogen) atoms. The van der Waals surface area contributed by atoms with E-state index < -0.39 is 11.8 Å². The molecule has 5 nitrogen and oxygen atoms in total. The molecule has 1 heterocycles. The Morgan fingerprint density at radius 2 is 1.92 bits per heavy atom. The highest BCUT2D eigenvalue weighted by Gasteiger charge is 2.20. The minimum atomic E-state index is -0.646. The number of aryl methyl sites for hydroxylation is 2. The first-order valence-electron chi connectivity index (χ1n) is 8.90. The summed E-state index contributed by atoms with van der Waals surface area (Å²) >= 11 is 0. The Morgan fingerprint density at radius 1 is 1.12 bits per heavy atom. The van der Waals surface area contributed by atoms with Crippen LogP contribution < -0.4 is 10.6 Å². The van der Waals surface area contributed by atoms with Gasteiger partial charge in [-0.2, -0.15) is 0 Å². The van der Waals surface area contributed by atoms with Gasteiger partial charge < -0.3 is 15.1 Å². The number of fused-ring (bicyclic) bond motifs is 1. The maximum Gasteiger partial charge on any atom is 0.309 e. The topological polar surface area (TPSA) is 71.3 Å². The number of nitrogens with one attached hydrogen (secondary N) is 2. The predicted octanol–water partition coefficient (Wildman–Crippen LogP) is 3.04. The van der Waals surface area contributed by atoms with Crippen molar-refractivity contribution in [2.24, 2.45) is 0 Å². The molecule has 5 heteroatoms. The minimum absolute atomic E-state index is 0.158. The molecule has 1 aromatic carbocycles. The maximum absolute atomic E-state index is 12.2. The third kappa shape index (κ3) is 4.29. The van der Waals surface area contributed by atoms with Crippen molar-refractivity contribution in [2.75, 3.05) is 0 Å². The molecule has 0 fully saturated rings. The maximum atomic E-state index is 12.2. The second-order valence-corrected chi connectivity index (χ2v) is 6.43. The van der Waals surface area contributed by atoms with Gasteiger partial charge >= 0.3 is 11.8 Å². The number of carbonyl (C=O) groups is 2. The highest BCUT2D eigenvalue weighted by atomic mass is 16.3. The fourth-order valence-corrected chi connectivity index (χ4v) is 3.28. The highest BCUT2D eigenvalue weighted by Crippen LogP contribution is 2.26. The lowest BCUT2D eigenvalue weighted by atomic mass is 9.89. The molecule has 1 atom stereocenters. The molecule has 2 amide bonds. The Bertz CT molecular complexity index is 737. The molecular weight excluding hydrogens is 316 g/mol. The largest absolute Gasteiger partial charge is 0.467 e. The summed E-state index contributed by atoms with van der Waals surface area (Å²) in [6.07, 6.45) is 6.96. The zero-order chi connectivity index (χ0) is 17.6. The Kier molecular flexibility index (Phi) is 5.53. The van der Waals surface area contributed by atoms with Crippen LogP contribution in [-0.4, -0.2) is 11.8 Å². The van der Waals surface area contributed by atoms with Crippen LogP contribution in [0.15, 0.2) is 41.0 Å². The lowest BCUT2D eigenvalue weighted by Crippen LogP contribution is -2.41. The molecule has 132 valence electrons. The van der Waals surface area contributed by atoms with Crippen molar-refractivity contribution < 1.29 is 14.0 Å². The van der Waals surface area contributed by atoms with Gasteiger partial charge in [0.1, 0.15) is 5.76 Å². The first kappa shape index (κ1) is 17.3. The molecule has 0 aliphatic heterocycles. The van der Waals surface area contributed by atoms with Crippen LogP contribution in [0.25, 0.3) is 0 Å². The summed E-state index contributed by atoms with van der Waals surface area (Å²) in [4.78, 5) is 24.2. The van der Waals surface area contributed by atoms with Crippen LogP contribution in [0.4, 0.5) is 0 Å². The number of benzene rings is 1. The van der Waals surface area contributed by atoms with Crippen LogP contribution in [0.3, 0.4) is 0 Å². The zero-order valence-electron chi connectivity index (χ0n) is 14.5. The molecule has 0 saturated heterocycles. The lowest BCUT2D eigenvalue weighted by molar-refractivity contribution is -0.139. The molecule has 0 saturated carbocycles. The van der Waals surface area contributed by atoms with E-state index >= 15 is 0 Å². The number of hydrogen-bond acceptors (Lipinski definition) is 3. The van der Waals surface area contributed by atoms with Crippen molar-refractivity contribution in [2.45, 2.75) is 51.6 Å². The number of hydrogen-bond donors (Lipinski definition) is 2. The number of carbonyl (C=O) groups excluding carboxylic acids is 2. The second-order valence-electron chi connectivity index (χ2n) is 6.43. The van der Waals surface area contributed by atoms with E-state index in [2.05, 4.69) is 28.8 Å². The van der Waals surface area contributed by atoms with Gasteiger partial charge in [-0.1, -0.05) is 25.1 Å². The van der Waals surface area contributed by atoms with Crippen LogP contribution in [0.1, 0.15) is 54.7 Å². The van der Waals surface area contributed by atoms with Crippen LogP contribution in [0.2, 0.25) is 0 Å².